The number of aromatic amines is 1. The molecule has 0 spiro atoms. The van der Waals surface area contributed by atoms with Crippen molar-refractivity contribution in [2.45, 2.75) is 26.8 Å². The van der Waals surface area contributed by atoms with Crippen molar-refractivity contribution in [1.82, 2.24) is 24.9 Å². The number of nitrogens with one attached hydrogen (secondary N) is 2. The molecule has 3 aromatic heterocycles. The van der Waals surface area contributed by atoms with Crippen molar-refractivity contribution in [2.75, 3.05) is 23.4 Å². The summed E-state index contributed by atoms with van der Waals surface area (Å²) in [7, 11) is 0. The van der Waals surface area contributed by atoms with Crippen molar-refractivity contribution >= 4 is 35.1 Å². The number of amides is 1. The topological polar surface area (TPSA) is 129 Å². The summed E-state index contributed by atoms with van der Waals surface area (Å²) in [5, 5.41) is 11.2. The smallest absolute Gasteiger partial charge is 0.411 e. The fourth-order valence-corrected chi connectivity index (χ4v) is 4.79. The molecule has 10 heteroatoms. The van der Waals surface area contributed by atoms with Crippen LogP contribution < -0.4 is 15.0 Å². The van der Waals surface area contributed by atoms with Gasteiger partial charge in [0.2, 0.25) is 5.95 Å². The summed E-state index contributed by atoms with van der Waals surface area (Å²) in [5.74, 6) is 1.95. The van der Waals surface area contributed by atoms with Gasteiger partial charge in [-0.1, -0.05) is 26.0 Å². The zero-order chi connectivity index (χ0) is 24.9. The minimum absolute atomic E-state index is 0.0536. The fourth-order valence-electron chi connectivity index (χ4n) is 4.79. The lowest BCUT2D eigenvalue weighted by molar-refractivity contribution is 0.209. The van der Waals surface area contributed by atoms with E-state index < -0.39 is 6.09 Å². The molecule has 0 bridgehead atoms. The average molecular weight is 484 g/mol. The van der Waals surface area contributed by atoms with Crippen molar-refractivity contribution in [3.05, 3.63) is 59.7 Å². The van der Waals surface area contributed by atoms with Gasteiger partial charge in [0, 0.05) is 29.4 Å². The molecule has 1 aliphatic heterocycles. The molecule has 0 saturated carbocycles. The Hall–Kier alpha value is -4.47. The van der Waals surface area contributed by atoms with Gasteiger partial charge < -0.3 is 19.7 Å². The highest BCUT2D eigenvalue weighted by Gasteiger charge is 2.27. The third-order valence-electron chi connectivity index (χ3n) is 6.52. The maximum Gasteiger partial charge on any atom is 0.411 e. The number of ether oxygens (including phenoxy) is 1. The van der Waals surface area contributed by atoms with Crippen LogP contribution in [0.4, 0.5) is 16.6 Å². The Bertz CT molecular complexity index is 1530. The normalized spacial score (nSPS) is 16.1. The number of hydrogen-bond acceptors (Lipinski definition) is 7. The van der Waals surface area contributed by atoms with Crippen LogP contribution in [0.5, 0.6) is 5.75 Å². The van der Waals surface area contributed by atoms with E-state index in [1.54, 1.807) is 12.5 Å². The number of H-pyrrole nitrogens is 1. The molecule has 1 aromatic carbocycles. The predicted molar refractivity (Wildman–Crippen MR) is 136 cm³/mol. The van der Waals surface area contributed by atoms with E-state index in [4.69, 9.17) is 9.84 Å². The molecule has 36 heavy (non-hydrogen) atoms. The molecule has 3 N–H and O–H groups in total. The van der Waals surface area contributed by atoms with E-state index in [0.717, 1.165) is 46.9 Å². The number of nitrogens with zero attached hydrogens (tertiary/aromatic N) is 5. The van der Waals surface area contributed by atoms with Crippen LogP contribution in [0.15, 0.2) is 42.9 Å². The first-order chi connectivity index (χ1) is 17.3. The monoisotopic (exact) mass is 483 g/mol. The molecule has 0 radical (unpaired) electrons. The number of allylic oxidation sites excluding steroid dienone is 1. The number of hydrogen-bond donors (Lipinski definition) is 3. The zero-order valence-electron chi connectivity index (χ0n) is 19.9. The molecule has 6 rings (SSSR count). The van der Waals surface area contributed by atoms with E-state index in [2.05, 4.69) is 67.2 Å². The number of aromatic nitrogens is 5. The van der Waals surface area contributed by atoms with Crippen LogP contribution in [-0.4, -0.2) is 49.3 Å². The third-order valence-corrected chi connectivity index (χ3v) is 6.52. The number of fused-ring (bicyclic) bond motifs is 3. The number of anilines is 2. The van der Waals surface area contributed by atoms with Gasteiger partial charge in [0.05, 0.1) is 17.8 Å². The molecule has 0 fully saturated rings. The van der Waals surface area contributed by atoms with Gasteiger partial charge in [-0.2, -0.15) is 4.98 Å². The Kier molecular flexibility index (Phi) is 5.10. The predicted octanol–water partition coefficient (Wildman–Crippen LogP) is 4.50. The molecule has 4 heterocycles. The van der Waals surface area contributed by atoms with Gasteiger partial charge in [0.25, 0.3) is 0 Å². The van der Waals surface area contributed by atoms with E-state index >= 15 is 0 Å². The summed E-state index contributed by atoms with van der Waals surface area (Å²) in [6.07, 6.45) is 7.38. The Morgan fingerprint density at radius 1 is 1.19 bits per heavy atom. The van der Waals surface area contributed by atoms with Crippen molar-refractivity contribution in [3.63, 3.8) is 0 Å². The maximum atomic E-state index is 10.9. The summed E-state index contributed by atoms with van der Waals surface area (Å²) in [5.41, 5.74) is 6.21. The van der Waals surface area contributed by atoms with Gasteiger partial charge in [-0.05, 0) is 41.7 Å². The molecule has 1 aliphatic carbocycles. The first-order valence-corrected chi connectivity index (χ1v) is 11.7. The summed E-state index contributed by atoms with van der Waals surface area (Å²) in [6.45, 7) is 6.39. The van der Waals surface area contributed by atoms with Crippen molar-refractivity contribution in [2.24, 2.45) is 5.41 Å². The minimum Gasteiger partial charge on any atom is -0.491 e. The molecule has 2 aliphatic rings. The summed E-state index contributed by atoms with van der Waals surface area (Å²) < 4.78 is 6.09. The molecule has 1 amide bonds. The fraction of sp³-hybridized carbons (Fsp3) is 0.269. The van der Waals surface area contributed by atoms with E-state index in [9.17, 15) is 4.79 Å². The van der Waals surface area contributed by atoms with E-state index in [1.165, 1.54) is 5.56 Å². The first-order valence-electron chi connectivity index (χ1n) is 11.7. The maximum absolute atomic E-state index is 10.9. The van der Waals surface area contributed by atoms with Gasteiger partial charge in [-0.25, -0.2) is 19.7 Å². The van der Waals surface area contributed by atoms with Gasteiger partial charge in [-0.3, -0.25) is 5.32 Å². The second kappa shape index (κ2) is 8.33. The van der Waals surface area contributed by atoms with Gasteiger partial charge in [0.15, 0.2) is 5.65 Å². The number of imidazole rings is 1. The standard InChI is InChI=1S/C26H25N7O3/c1-26(2)6-5-19-18(11-26)23(29-14-28-19)33-7-8-36-21-4-3-15(9-17(21)13-33)16-10-20-22(27-12-16)31-24(30-20)32-25(34)35/h3-6,9-10,12,14H,7-8,11,13H2,1-2H3,(H,34,35)(H2,27,30,31,32). The molecule has 4 aromatic rings. The van der Waals surface area contributed by atoms with Gasteiger partial charge >= 0.3 is 6.09 Å². The van der Waals surface area contributed by atoms with Crippen molar-refractivity contribution in [1.29, 1.82) is 0 Å². The number of carboxylic acid groups (broad SMARTS) is 1. The number of carbonyl (C=O) groups is 1. The Morgan fingerprint density at radius 2 is 2.08 bits per heavy atom. The molecule has 182 valence electrons. The van der Waals surface area contributed by atoms with Crippen molar-refractivity contribution < 1.29 is 14.6 Å². The second-order valence-corrected chi connectivity index (χ2v) is 9.76. The van der Waals surface area contributed by atoms with Crippen LogP contribution in [0.3, 0.4) is 0 Å². The third kappa shape index (κ3) is 4.10. The summed E-state index contributed by atoms with van der Waals surface area (Å²) in [4.78, 5) is 33.9. The zero-order valence-corrected chi connectivity index (χ0v) is 19.9. The number of benzene rings is 1. The van der Waals surface area contributed by atoms with E-state index in [0.29, 0.717) is 24.3 Å². The minimum atomic E-state index is -1.19. The Balaban J connectivity index is 1.33. The SMILES string of the molecule is CC1(C)C=Cc2ncnc(N3CCOc4ccc(-c5cnc6nc(NC(=O)O)[nH]c6c5)cc4C3)c2C1. The molecular weight excluding hydrogens is 458 g/mol. The highest BCUT2D eigenvalue weighted by Crippen LogP contribution is 2.37. The van der Waals surface area contributed by atoms with E-state index in [1.807, 2.05) is 18.2 Å². The quantitative estimate of drug-likeness (QED) is 0.388. The van der Waals surface area contributed by atoms with Crippen LogP contribution in [0.2, 0.25) is 0 Å². The lowest BCUT2D eigenvalue weighted by atomic mass is 9.81. The van der Waals surface area contributed by atoms with E-state index in [-0.39, 0.29) is 11.4 Å². The van der Waals surface area contributed by atoms with Gasteiger partial charge in [0.1, 0.15) is 24.5 Å². The lowest BCUT2D eigenvalue weighted by Crippen LogP contribution is -2.29. The molecular formula is C26H25N7O3. The first kappa shape index (κ1) is 22.0. The second-order valence-electron chi connectivity index (χ2n) is 9.76. The number of rotatable bonds is 3. The van der Waals surface area contributed by atoms with Crippen LogP contribution in [0, 0.1) is 5.41 Å². The van der Waals surface area contributed by atoms with Crippen LogP contribution in [0.1, 0.15) is 30.7 Å². The van der Waals surface area contributed by atoms with Gasteiger partial charge in [-0.15, -0.1) is 0 Å². The molecule has 10 nitrogen and oxygen atoms in total. The average Bonchev–Trinajstić information content (AvgIpc) is 3.11. The lowest BCUT2D eigenvalue weighted by Gasteiger charge is -2.30. The highest BCUT2D eigenvalue weighted by atomic mass is 16.5. The number of pyridine rings is 1. The summed E-state index contributed by atoms with van der Waals surface area (Å²) >= 11 is 0. The summed E-state index contributed by atoms with van der Waals surface area (Å²) in [6, 6.07) is 8.02. The molecule has 0 unspecified atom stereocenters. The van der Waals surface area contributed by atoms with Crippen LogP contribution >= 0.6 is 0 Å². The van der Waals surface area contributed by atoms with Crippen LogP contribution in [-0.2, 0) is 13.0 Å². The Morgan fingerprint density at radius 3 is 2.94 bits per heavy atom. The molecule has 0 saturated heterocycles. The molecule has 0 atom stereocenters. The van der Waals surface area contributed by atoms with Crippen LogP contribution in [0.25, 0.3) is 28.4 Å². The Labute approximate surface area is 207 Å². The highest BCUT2D eigenvalue weighted by molar-refractivity contribution is 5.85. The largest absolute Gasteiger partial charge is 0.491 e. The van der Waals surface area contributed by atoms with Crippen molar-refractivity contribution in [3.8, 4) is 16.9 Å².